The zero-order chi connectivity index (χ0) is 15.4. The first-order valence-corrected chi connectivity index (χ1v) is 7.95. The summed E-state index contributed by atoms with van der Waals surface area (Å²) in [5, 5.41) is 1.03. The van der Waals surface area contributed by atoms with Crippen molar-refractivity contribution in [3.63, 3.8) is 0 Å². The van der Waals surface area contributed by atoms with Crippen molar-refractivity contribution in [1.29, 1.82) is 0 Å². The average Bonchev–Trinajstić information content (AvgIpc) is 2.54. The van der Waals surface area contributed by atoms with Crippen LogP contribution in [0.25, 0.3) is 0 Å². The third-order valence-corrected chi connectivity index (χ3v) is 4.01. The quantitative estimate of drug-likeness (QED) is 0.801. The van der Waals surface area contributed by atoms with Gasteiger partial charge in [-0.1, -0.05) is 35.3 Å². The molecule has 6 heteroatoms. The number of hydrogen-bond donors (Lipinski definition) is 0. The van der Waals surface area contributed by atoms with Crippen molar-refractivity contribution in [2.24, 2.45) is 4.99 Å². The first-order chi connectivity index (χ1) is 10.7. The van der Waals surface area contributed by atoms with Crippen molar-refractivity contribution in [3.8, 4) is 0 Å². The highest BCUT2D eigenvalue weighted by Crippen LogP contribution is 2.15. The number of rotatable bonds is 4. The van der Waals surface area contributed by atoms with E-state index in [1.54, 1.807) is 0 Å². The van der Waals surface area contributed by atoms with Crippen LogP contribution in [-0.4, -0.2) is 33.8 Å². The van der Waals surface area contributed by atoms with Crippen molar-refractivity contribution >= 4 is 29.0 Å². The SMILES string of the molecule is Clc1ccc(CC2=NCCCN2Cc2ccc(Cl)nc2)cn1. The lowest BCUT2D eigenvalue weighted by Gasteiger charge is -2.29. The molecule has 0 bridgehead atoms. The Kier molecular flexibility index (Phi) is 4.90. The van der Waals surface area contributed by atoms with Gasteiger partial charge in [-0.15, -0.1) is 0 Å². The van der Waals surface area contributed by atoms with Crippen molar-refractivity contribution in [2.45, 2.75) is 19.4 Å². The summed E-state index contributed by atoms with van der Waals surface area (Å²) in [4.78, 5) is 15.2. The van der Waals surface area contributed by atoms with Gasteiger partial charge < -0.3 is 4.90 Å². The second-order valence-corrected chi connectivity index (χ2v) is 6.00. The Morgan fingerprint density at radius 2 is 1.64 bits per heavy atom. The van der Waals surface area contributed by atoms with Crippen molar-refractivity contribution < 1.29 is 0 Å². The minimum Gasteiger partial charge on any atom is -0.356 e. The van der Waals surface area contributed by atoms with Gasteiger partial charge in [0.25, 0.3) is 0 Å². The summed E-state index contributed by atoms with van der Waals surface area (Å²) in [6, 6.07) is 7.63. The fourth-order valence-electron chi connectivity index (χ4n) is 2.45. The van der Waals surface area contributed by atoms with Gasteiger partial charge in [0.1, 0.15) is 16.1 Å². The fraction of sp³-hybridized carbons (Fsp3) is 0.312. The van der Waals surface area contributed by atoms with E-state index in [-0.39, 0.29) is 0 Å². The smallest absolute Gasteiger partial charge is 0.129 e. The molecule has 0 aliphatic carbocycles. The highest BCUT2D eigenvalue weighted by atomic mass is 35.5. The lowest BCUT2D eigenvalue weighted by Crippen LogP contribution is -2.36. The van der Waals surface area contributed by atoms with Gasteiger partial charge >= 0.3 is 0 Å². The lowest BCUT2D eigenvalue weighted by atomic mass is 10.1. The van der Waals surface area contributed by atoms with Crippen molar-refractivity contribution in [2.75, 3.05) is 13.1 Å². The number of hydrogen-bond acceptors (Lipinski definition) is 4. The number of halogens is 2. The van der Waals surface area contributed by atoms with E-state index in [1.165, 1.54) is 0 Å². The lowest BCUT2D eigenvalue weighted by molar-refractivity contribution is 0.381. The van der Waals surface area contributed by atoms with Crippen molar-refractivity contribution in [3.05, 3.63) is 58.1 Å². The van der Waals surface area contributed by atoms with Gasteiger partial charge in [-0.3, -0.25) is 4.99 Å². The molecule has 0 unspecified atom stereocenters. The Labute approximate surface area is 139 Å². The van der Waals surface area contributed by atoms with Crippen LogP contribution in [0.4, 0.5) is 0 Å². The second-order valence-electron chi connectivity index (χ2n) is 5.23. The van der Waals surface area contributed by atoms with Gasteiger partial charge in [-0.25, -0.2) is 9.97 Å². The van der Waals surface area contributed by atoms with Gasteiger partial charge in [0.2, 0.25) is 0 Å². The van der Waals surface area contributed by atoms with Crippen LogP contribution in [0.2, 0.25) is 10.3 Å². The Bertz CT molecular complexity index is 653. The summed E-state index contributed by atoms with van der Waals surface area (Å²) in [6.07, 6.45) is 5.47. The highest BCUT2D eigenvalue weighted by Gasteiger charge is 2.16. The van der Waals surface area contributed by atoms with E-state index >= 15 is 0 Å². The van der Waals surface area contributed by atoms with Gasteiger partial charge in [0, 0.05) is 38.4 Å². The molecule has 0 N–H and O–H groups in total. The maximum Gasteiger partial charge on any atom is 0.129 e. The molecule has 0 amide bonds. The molecule has 3 rings (SSSR count). The summed E-state index contributed by atoms with van der Waals surface area (Å²) in [5.41, 5.74) is 2.25. The molecule has 3 heterocycles. The Morgan fingerprint density at radius 3 is 2.27 bits per heavy atom. The average molecular weight is 335 g/mol. The van der Waals surface area contributed by atoms with Crippen LogP contribution in [0.15, 0.2) is 41.7 Å². The summed E-state index contributed by atoms with van der Waals surface area (Å²) in [5.74, 6) is 1.09. The minimum absolute atomic E-state index is 0.512. The molecule has 4 nitrogen and oxygen atoms in total. The maximum atomic E-state index is 5.84. The molecule has 2 aromatic heterocycles. The molecule has 1 aliphatic heterocycles. The molecule has 0 saturated carbocycles. The first kappa shape index (κ1) is 15.3. The van der Waals surface area contributed by atoms with Crippen LogP contribution < -0.4 is 0 Å². The molecule has 0 radical (unpaired) electrons. The van der Waals surface area contributed by atoms with Crippen LogP contribution in [-0.2, 0) is 13.0 Å². The van der Waals surface area contributed by atoms with Crippen LogP contribution in [0.3, 0.4) is 0 Å². The molecular formula is C16H16Cl2N4. The number of amidine groups is 1. The van der Waals surface area contributed by atoms with E-state index in [4.69, 9.17) is 23.2 Å². The summed E-state index contributed by atoms with van der Waals surface area (Å²) in [6.45, 7) is 2.68. The van der Waals surface area contributed by atoms with E-state index < -0.39 is 0 Å². The second kappa shape index (κ2) is 7.07. The summed E-state index contributed by atoms with van der Waals surface area (Å²) in [7, 11) is 0. The Balaban J connectivity index is 1.72. The molecular weight excluding hydrogens is 319 g/mol. The molecule has 0 spiro atoms. The zero-order valence-corrected chi connectivity index (χ0v) is 13.6. The van der Waals surface area contributed by atoms with E-state index in [1.807, 2.05) is 36.7 Å². The standard InChI is InChI=1S/C16H16Cl2N4/c17-14-4-2-12(9-20-14)8-16-19-6-1-7-22(16)11-13-3-5-15(18)21-10-13/h2-5,9-10H,1,6-8,11H2. The molecule has 22 heavy (non-hydrogen) atoms. The predicted molar refractivity (Wildman–Crippen MR) is 89.5 cm³/mol. The normalized spacial score (nSPS) is 14.8. The summed E-state index contributed by atoms with van der Waals surface area (Å²) >= 11 is 11.7. The number of nitrogens with zero attached hydrogens (tertiary/aromatic N) is 4. The van der Waals surface area contributed by atoms with Crippen LogP contribution >= 0.6 is 23.2 Å². The zero-order valence-electron chi connectivity index (χ0n) is 12.0. The van der Waals surface area contributed by atoms with Gasteiger partial charge in [0.15, 0.2) is 0 Å². The van der Waals surface area contributed by atoms with Gasteiger partial charge in [-0.2, -0.15) is 0 Å². The Hall–Kier alpha value is -1.65. The van der Waals surface area contributed by atoms with Crippen molar-refractivity contribution in [1.82, 2.24) is 14.9 Å². The van der Waals surface area contributed by atoms with E-state index in [0.29, 0.717) is 10.3 Å². The number of aromatic nitrogens is 2. The molecule has 0 aromatic carbocycles. The summed E-state index contributed by atoms with van der Waals surface area (Å²) < 4.78 is 0. The molecule has 114 valence electrons. The maximum absolute atomic E-state index is 5.84. The molecule has 1 aliphatic rings. The topological polar surface area (TPSA) is 41.4 Å². The predicted octanol–water partition coefficient (Wildman–Crippen LogP) is 3.63. The fourth-order valence-corrected chi connectivity index (χ4v) is 2.67. The highest BCUT2D eigenvalue weighted by molar-refractivity contribution is 6.29. The van der Waals surface area contributed by atoms with Crippen LogP contribution in [0, 0.1) is 0 Å². The van der Waals surface area contributed by atoms with Gasteiger partial charge in [-0.05, 0) is 29.7 Å². The van der Waals surface area contributed by atoms with Gasteiger partial charge in [0.05, 0.1) is 0 Å². The first-order valence-electron chi connectivity index (χ1n) is 7.20. The van der Waals surface area contributed by atoms with Crippen LogP contribution in [0.5, 0.6) is 0 Å². The monoisotopic (exact) mass is 334 g/mol. The van der Waals surface area contributed by atoms with E-state index in [2.05, 4.69) is 19.9 Å². The largest absolute Gasteiger partial charge is 0.356 e. The molecule has 0 saturated heterocycles. The minimum atomic E-state index is 0.512. The molecule has 2 aromatic rings. The molecule has 0 fully saturated rings. The third kappa shape index (κ3) is 3.96. The van der Waals surface area contributed by atoms with E-state index in [0.717, 1.165) is 49.4 Å². The third-order valence-electron chi connectivity index (χ3n) is 3.56. The number of pyridine rings is 2. The Morgan fingerprint density at radius 1 is 0.955 bits per heavy atom. The van der Waals surface area contributed by atoms with E-state index in [9.17, 15) is 0 Å². The molecule has 0 atom stereocenters. The van der Waals surface area contributed by atoms with Crippen LogP contribution in [0.1, 0.15) is 17.5 Å². The number of aliphatic imine (C=N–C) groups is 1.